The lowest BCUT2D eigenvalue weighted by molar-refractivity contribution is -0.137. The number of rotatable bonds is 4. The predicted octanol–water partition coefficient (Wildman–Crippen LogP) is 3.24. The van der Waals surface area contributed by atoms with E-state index in [-0.39, 0.29) is 18.4 Å². The van der Waals surface area contributed by atoms with Gasteiger partial charge < -0.3 is 15.0 Å². The average molecular weight is 327 g/mol. The second-order valence-electron chi connectivity index (χ2n) is 6.13. The second kappa shape index (κ2) is 7.01. The number of aryl methyl sites for hydroxylation is 1. The number of halogens is 1. The highest BCUT2D eigenvalue weighted by Gasteiger charge is 2.26. The zero-order valence-electron chi connectivity index (χ0n) is 13.9. The van der Waals surface area contributed by atoms with Crippen LogP contribution in [0.15, 0.2) is 12.1 Å². The van der Waals surface area contributed by atoms with Crippen LogP contribution >= 0.6 is 11.6 Å². The molecule has 0 aliphatic carbocycles. The Kier molecular flexibility index (Phi) is 5.83. The van der Waals surface area contributed by atoms with E-state index in [1.54, 1.807) is 12.1 Å². The van der Waals surface area contributed by atoms with E-state index in [0.29, 0.717) is 16.5 Å². The van der Waals surface area contributed by atoms with Gasteiger partial charge in [0.25, 0.3) is 0 Å². The van der Waals surface area contributed by atoms with Crippen LogP contribution < -0.4 is 10.1 Å². The van der Waals surface area contributed by atoms with Gasteiger partial charge in [-0.15, -0.1) is 0 Å². The van der Waals surface area contributed by atoms with E-state index in [4.69, 9.17) is 16.3 Å². The van der Waals surface area contributed by atoms with Crippen LogP contribution in [0.5, 0.6) is 5.75 Å². The van der Waals surface area contributed by atoms with Gasteiger partial charge in [0.05, 0.1) is 12.8 Å². The summed E-state index contributed by atoms with van der Waals surface area (Å²) in [5.74, 6) is 0.0427. The highest BCUT2D eigenvalue weighted by molar-refractivity contribution is 6.31. The van der Waals surface area contributed by atoms with Gasteiger partial charge in [0.15, 0.2) is 0 Å². The van der Waals surface area contributed by atoms with Gasteiger partial charge >= 0.3 is 0 Å². The summed E-state index contributed by atoms with van der Waals surface area (Å²) >= 11 is 6.04. The molecule has 1 aromatic rings. The fraction of sp³-hybridized carbons (Fsp3) is 0.500. The van der Waals surface area contributed by atoms with Gasteiger partial charge in [-0.05, 0) is 39.3 Å². The average Bonchev–Trinajstić information content (AvgIpc) is 2.38. The molecule has 1 N–H and O–H groups in total. The Morgan fingerprint density at radius 1 is 1.32 bits per heavy atom. The maximum absolute atomic E-state index is 12.2. The molecule has 0 fully saturated rings. The molecule has 0 heterocycles. The third kappa shape index (κ3) is 4.63. The predicted molar refractivity (Wildman–Crippen MR) is 88.5 cm³/mol. The van der Waals surface area contributed by atoms with Crippen molar-refractivity contribution in [2.24, 2.45) is 0 Å². The number of carbonyl (C=O) groups is 2. The molecule has 0 bridgehead atoms. The second-order valence-corrected chi connectivity index (χ2v) is 6.53. The maximum Gasteiger partial charge on any atom is 0.244 e. The molecule has 22 heavy (non-hydrogen) atoms. The van der Waals surface area contributed by atoms with Crippen LogP contribution in [0.1, 0.15) is 33.3 Å². The van der Waals surface area contributed by atoms with Crippen molar-refractivity contribution in [2.45, 2.75) is 40.2 Å². The molecule has 2 amide bonds. The molecule has 6 heteroatoms. The van der Waals surface area contributed by atoms with Gasteiger partial charge in [-0.25, -0.2) is 0 Å². The zero-order chi connectivity index (χ0) is 17.1. The first-order valence-corrected chi connectivity index (χ1v) is 7.36. The van der Waals surface area contributed by atoms with Crippen molar-refractivity contribution in [3.8, 4) is 5.75 Å². The Balaban J connectivity index is 2.93. The smallest absolute Gasteiger partial charge is 0.244 e. The Morgan fingerprint density at radius 3 is 2.36 bits per heavy atom. The van der Waals surface area contributed by atoms with Crippen LogP contribution in [0.3, 0.4) is 0 Å². The van der Waals surface area contributed by atoms with Crippen molar-refractivity contribution in [3.05, 3.63) is 22.7 Å². The summed E-state index contributed by atoms with van der Waals surface area (Å²) in [5, 5.41) is 3.34. The topological polar surface area (TPSA) is 58.6 Å². The summed E-state index contributed by atoms with van der Waals surface area (Å²) in [6.07, 6.45) is 0. The van der Waals surface area contributed by atoms with Gasteiger partial charge in [-0.1, -0.05) is 11.6 Å². The molecule has 0 spiro atoms. The first kappa shape index (κ1) is 18.3. The van der Waals surface area contributed by atoms with Crippen molar-refractivity contribution >= 4 is 29.1 Å². The minimum atomic E-state index is -0.427. The number of amides is 2. The fourth-order valence-electron chi connectivity index (χ4n) is 2.08. The van der Waals surface area contributed by atoms with Crippen LogP contribution in [-0.2, 0) is 9.59 Å². The summed E-state index contributed by atoms with van der Waals surface area (Å²) < 4.78 is 5.22. The van der Waals surface area contributed by atoms with Crippen LogP contribution in [0, 0.1) is 6.92 Å². The Labute approximate surface area is 136 Å². The maximum atomic E-state index is 12.2. The summed E-state index contributed by atoms with van der Waals surface area (Å²) in [6.45, 7) is 8.92. The van der Waals surface area contributed by atoms with E-state index in [2.05, 4.69) is 5.32 Å². The highest BCUT2D eigenvalue weighted by Crippen LogP contribution is 2.31. The SMILES string of the molecule is COc1cc(Cl)c(C)cc1NC(=O)CN(C(C)=O)C(C)(C)C. The quantitative estimate of drug-likeness (QED) is 0.924. The van der Waals surface area contributed by atoms with Crippen molar-refractivity contribution in [3.63, 3.8) is 0 Å². The van der Waals surface area contributed by atoms with Crippen molar-refractivity contribution in [1.82, 2.24) is 4.90 Å². The van der Waals surface area contributed by atoms with Crippen molar-refractivity contribution in [2.75, 3.05) is 19.0 Å². The van der Waals surface area contributed by atoms with Crippen LogP contribution in [-0.4, -0.2) is 35.9 Å². The molecule has 0 aliphatic rings. The molecule has 0 saturated heterocycles. The first-order chi connectivity index (χ1) is 10.1. The lowest BCUT2D eigenvalue weighted by Crippen LogP contribution is -2.48. The summed E-state index contributed by atoms with van der Waals surface area (Å²) in [4.78, 5) is 25.5. The van der Waals surface area contributed by atoms with Crippen LogP contribution in [0.4, 0.5) is 5.69 Å². The van der Waals surface area contributed by atoms with Gasteiger partial charge in [0.2, 0.25) is 11.8 Å². The van der Waals surface area contributed by atoms with E-state index < -0.39 is 5.54 Å². The number of benzene rings is 1. The highest BCUT2D eigenvalue weighted by atomic mass is 35.5. The molecule has 1 aromatic carbocycles. The lowest BCUT2D eigenvalue weighted by atomic mass is 10.1. The van der Waals surface area contributed by atoms with E-state index in [1.165, 1.54) is 18.9 Å². The van der Waals surface area contributed by atoms with Gasteiger partial charge in [-0.3, -0.25) is 9.59 Å². The molecule has 122 valence electrons. The number of carbonyl (C=O) groups excluding carboxylic acids is 2. The monoisotopic (exact) mass is 326 g/mol. The Morgan fingerprint density at radius 2 is 1.91 bits per heavy atom. The Bertz CT molecular complexity index is 579. The van der Waals surface area contributed by atoms with Gasteiger partial charge in [0.1, 0.15) is 12.3 Å². The molecule has 0 atom stereocenters. The summed E-state index contributed by atoms with van der Waals surface area (Å²) in [7, 11) is 1.51. The Hall–Kier alpha value is -1.75. The zero-order valence-corrected chi connectivity index (χ0v) is 14.7. The van der Waals surface area contributed by atoms with Crippen molar-refractivity contribution < 1.29 is 14.3 Å². The first-order valence-electron chi connectivity index (χ1n) is 6.98. The van der Waals surface area contributed by atoms with Crippen LogP contribution in [0.2, 0.25) is 5.02 Å². The molecule has 0 aromatic heterocycles. The summed E-state index contributed by atoms with van der Waals surface area (Å²) in [5.41, 5.74) is 0.937. The number of nitrogens with one attached hydrogen (secondary N) is 1. The van der Waals surface area contributed by atoms with E-state index in [1.807, 2.05) is 27.7 Å². The number of methoxy groups -OCH3 is 1. The van der Waals surface area contributed by atoms with E-state index in [0.717, 1.165) is 5.56 Å². The van der Waals surface area contributed by atoms with E-state index in [9.17, 15) is 9.59 Å². The number of hydrogen-bond donors (Lipinski definition) is 1. The molecule has 5 nitrogen and oxygen atoms in total. The molecular formula is C16H23ClN2O3. The molecule has 0 saturated carbocycles. The third-order valence-corrected chi connectivity index (χ3v) is 3.65. The lowest BCUT2D eigenvalue weighted by Gasteiger charge is -2.34. The molecule has 0 aliphatic heterocycles. The van der Waals surface area contributed by atoms with Gasteiger partial charge in [0, 0.05) is 23.6 Å². The minimum absolute atomic E-state index is 0.0241. The molecule has 1 rings (SSSR count). The standard InChI is InChI=1S/C16H23ClN2O3/c1-10-7-13(14(22-6)8-12(10)17)18-15(21)9-19(11(2)20)16(3,4)5/h7-8H,9H2,1-6H3,(H,18,21). The largest absolute Gasteiger partial charge is 0.495 e. The van der Waals surface area contributed by atoms with Crippen LogP contribution in [0.25, 0.3) is 0 Å². The normalized spacial score (nSPS) is 11.0. The molecule has 0 radical (unpaired) electrons. The molecule has 0 unspecified atom stereocenters. The third-order valence-electron chi connectivity index (χ3n) is 3.25. The van der Waals surface area contributed by atoms with Crippen molar-refractivity contribution in [1.29, 1.82) is 0 Å². The van der Waals surface area contributed by atoms with Gasteiger partial charge in [-0.2, -0.15) is 0 Å². The number of ether oxygens (including phenoxy) is 1. The number of hydrogen-bond acceptors (Lipinski definition) is 3. The number of anilines is 1. The fourth-order valence-corrected chi connectivity index (χ4v) is 2.24. The minimum Gasteiger partial charge on any atom is -0.495 e. The van der Waals surface area contributed by atoms with E-state index >= 15 is 0 Å². The molecular weight excluding hydrogens is 304 g/mol. The number of nitrogens with zero attached hydrogens (tertiary/aromatic N) is 1. The summed E-state index contributed by atoms with van der Waals surface area (Å²) in [6, 6.07) is 3.40.